The van der Waals surface area contributed by atoms with E-state index >= 15 is 0 Å². The third-order valence-electron chi connectivity index (χ3n) is 3.19. The van der Waals surface area contributed by atoms with E-state index in [1.807, 2.05) is 55.5 Å². The molecule has 0 fully saturated rings. The van der Waals surface area contributed by atoms with Crippen molar-refractivity contribution < 1.29 is 9.32 Å². The number of rotatable bonds is 5. The highest BCUT2D eigenvalue weighted by Crippen LogP contribution is 2.22. The van der Waals surface area contributed by atoms with Crippen LogP contribution in [0.4, 0.5) is 5.69 Å². The van der Waals surface area contributed by atoms with Gasteiger partial charge in [-0.15, -0.1) is 0 Å². The second-order valence-corrected chi connectivity index (χ2v) is 7.16. The molecule has 1 N–H and O–H groups in total. The Labute approximate surface area is 157 Å². The van der Waals surface area contributed by atoms with Gasteiger partial charge in [0.2, 0.25) is 11.7 Å². The van der Waals surface area contributed by atoms with Crippen LogP contribution in [0.5, 0.6) is 0 Å². The van der Waals surface area contributed by atoms with Gasteiger partial charge in [0.05, 0.1) is 11.4 Å². The number of thioether (sulfide) groups is 1. The van der Waals surface area contributed by atoms with E-state index < -0.39 is 0 Å². The highest BCUT2D eigenvalue weighted by atomic mass is 127. The van der Waals surface area contributed by atoms with Gasteiger partial charge in [-0.2, -0.15) is 4.98 Å². The first-order valence-electron chi connectivity index (χ1n) is 7.20. The van der Waals surface area contributed by atoms with Gasteiger partial charge in [0, 0.05) is 9.13 Å². The molecule has 0 aliphatic rings. The minimum Gasteiger partial charge on any atom is -0.327 e. The number of amides is 1. The number of halogens is 1. The smallest absolute Gasteiger partial charge is 0.286 e. The summed E-state index contributed by atoms with van der Waals surface area (Å²) in [5.74, 6) is 0.621. The van der Waals surface area contributed by atoms with Crippen LogP contribution >= 0.6 is 34.4 Å². The number of carbonyl (C=O) groups is 1. The van der Waals surface area contributed by atoms with Crippen LogP contribution in [-0.2, 0) is 4.79 Å². The van der Waals surface area contributed by atoms with E-state index in [9.17, 15) is 4.79 Å². The summed E-state index contributed by atoms with van der Waals surface area (Å²) in [6.07, 6.45) is 0. The van der Waals surface area contributed by atoms with Gasteiger partial charge in [-0.3, -0.25) is 4.79 Å². The minimum absolute atomic E-state index is 0.112. The molecule has 5 nitrogen and oxygen atoms in total. The van der Waals surface area contributed by atoms with Crippen molar-refractivity contribution in [3.05, 3.63) is 57.7 Å². The Morgan fingerprint density at radius 1 is 1.21 bits per heavy atom. The minimum atomic E-state index is -0.112. The fourth-order valence-corrected chi connectivity index (χ4v) is 3.05. The first kappa shape index (κ1) is 17.0. The van der Waals surface area contributed by atoms with E-state index in [1.54, 1.807) is 0 Å². The van der Waals surface area contributed by atoms with Crippen molar-refractivity contribution in [2.75, 3.05) is 11.1 Å². The molecule has 1 amide bonds. The SMILES string of the molecule is Cc1ccc(-c2noc(SCC(=O)Nc3ccccc3I)n2)cc1. The summed E-state index contributed by atoms with van der Waals surface area (Å²) in [6.45, 7) is 2.02. The lowest BCUT2D eigenvalue weighted by atomic mass is 10.1. The molecule has 0 unspecified atom stereocenters. The molecule has 122 valence electrons. The van der Waals surface area contributed by atoms with Crippen LogP contribution in [0.3, 0.4) is 0 Å². The fourth-order valence-electron chi connectivity index (χ4n) is 1.96. The van der Waals surface area contributed by atoms with E-state index in [-0.39, 0.29) is 11.7 Å². The van der Waals surface area contributed by atoms with E-state index in [1.165, 1.54) is 17.3 Å². The van der Waals surface area contributed by atoms with Crippen LogP contribution in [0, 0.1) is 10.5 Å². The van der Waals surface area contributed by atoms with Gasteiger partial charge < -0.3 is 9.84 Å². The monoisotopic (exact) mass is 451 g/mol. The number of aromatic nitrogens is 2. The van der Waals surface area contributed by atoms with Gasteiger partial charge in [-0.1, -0.05) is 58.9 Å². The predicted molar refractivity (Wildman–Crippen MR) is 103 cm³/mol. The summed E-state index contributed by atoms with van der Waals surface area (Å²) in [5.41, 5.74) is 2.86. The molecule has 1 aromatic heterocycles. The second-order valence-electron chi connectivity index (χ2n) is 5.07. The summed E-state index contributed by atoms with van der Waals surface area (Å²) in [6, 6.07) is 15.5. The number of hydrogen-bond acceptors (Lipinski definition) is 5. The number of carbonyl (C=O) groups excluding carboxylic acids is 1. The molecular weight excluding hydrogens is 437 g/mol. The van der Waals surface area contributed by atoms with Crippen molar-refractivity contribution in [1.29, 1.82) is 0 Å². The number of anilines is 1. The molecule has 0 spiro atoms. The third-order valence-corrected chi connectivity index (χ3v) is 4.95. The molecule has 3 rings (SSSR count). The van der Waals surface area contributed by atoms with Crippen molar-refractivity contribution >= 4 is 45.9 Å². The summed E-state index contributed by atoms with van der Waals surface area (Å²) >= 11 is 3.40. The Bertz CT molecular complexity index is 849. The molecular formula is C17H14IN3O2S. The van der Waals surface area contributed by atoms with Crippen molar-refractivity contribution in [2.24, 2.45) is 0 Å². The van der Waals surface area contributed by atoms with Gasteiger partial charge in [0.15, 0.2) is 0 Å². The number of hydrogen-bond donors (Lipinski definition) is 1. The topological polar surface area (TPSA) is 68.0 Å². The van der Waals surface area contributed by atoms with Crippen LogP contribution < -0.4 is 5.32 Å². The van der Waals surface area contributed by atoms with Crippen LogP contribution in [0.25, 0.3) is 11.4 Å². The third kappa shape index (κ3) is 4.35. The van der Waals surface area contributed by atoms with E-state index in [0.29, 0.717) is 11.0 Å². The number of benzene rings is 2. The van der Waals surface area contributed by atoms with Gasteiger partial charge in [-0.05, 0) is 41.6 Å². The predicted octanol–water partition coefficient (Wildman–Crippen LogP) is 4.38. The van der Waals surface area contributed by atoms with Crippen molar-refractivity contribution in [2.45, 2.75) is 12.1 Å². The van der Waals surface area contributed by atoms with Crippen molar-refractivity contribution in [3.63, 3.8) is 0 Å². The Morgan fingerprint density at radius 2 is 1.96 bits per heavy atom. The van der Waals surface area contributed by atoms with Gasteiger partial charge in [0.1, 0.15) is 0 Å². The lowest BCUT2D eigenvalue weighted by Crippen LogP contribution is -2.14. The number of para-hydroxylation sites is 1. The molecule has 0 saturated heterocycles. The lowest BCUT2D eigenvalue weighted by Gasteiger charge is -2.05. The molecule has 2 aromatic carbocycles. The zero-order valence-electron chi connectivity index (χ0n) is 12.8. The number of nitrogens with one attached hydrogen (secondary N) is 1. The second kappa shape index (κ2) is 7.80. The van der Waals surface area contributed by atoms with Crippen LogP contribution in [0.1, 0.15) is 5.56 Å². The van der Waals surface area contributed by atoms with Crippen molar-refractivity contribution in [1.82, 2.24) is 10.1 Å². The van der Waals surface area contributed by atoms with Crippen molar-refractivity contribution in [3.8, 4) is 11.4 Å². The van der Waals surface area contributed by atoms with Crippen LogP contribution in [-0.4, -0.2) is 21.8 Å². The van der Waals surface area contributed by atoms with E-state index in [0.717, 1.165) is 14.8 Å². The average molecular weight is 451 g/mol. The van der Waals surface area contributed by atoms with Gasteiger partial charge in [-0.25, -0.2) is 0 Å². The Morgan fingerprint density at radius 3 is 2.71 bits per heavy atom. The fraction of sp³-hybridized carbons (Fsp3) is 0.118. The molecule has 24 heavy (non-hydrogen) atoms. The standard InChI is InChI=1S/C17H14IN3O2S/c1-11-6-8-12(9-7-11)16-20-17(23-21-16)24-10-15(22)19-14-5-3-2-4-13(14)18/h2-9H,10H2,1H3,(H,19,22). The normalized spacial score (nSPS) is 10.6. The molecule has 0 bridgehead atoms. The molecule has 0 aliphatic carbocycles. The largest absolute Gasteiger partial charge is 0.327 e. The highest BCUT2D eigenvalue weighted by Gasteiger charge is 2.12. The Hall–Kier alpha value is -1.87. The molecule has 0 radical (unpaired) electrons. The quantitative estimate of drug-likeness (QED) is 0.461. The van der Waals surface area contributed by atoms with Crippen LogP contribution in [0.15, 0.2) is 58.3 Å². The Balaban J connectivity index is 1.58. The maximum Gasteiger partial charge on any atom is 0.286 e. The maximum absolute atomic E-state index is 12.0. The number of aryl methyl sites for hydroxylation is 1. The van der Waals surface area contributed by atoms with Gasteiger partial charge >= 0.3 is 0 Å². The summed E-state index contributed by atoms with van der Waals surface area (Å²) < 4.78 is 6.19. The van der Waals surface area contributed by atoms with E-state index in [2.05, 4.69) is 38.0 Å². The van der Waals surface area contributed by atoms with Crippen LogP contribution in [0.2, 0.25) is 0 Å². The maximum atomic E-state index is 12.0. The van der Waals surface area contributed by atoms with E-state index in [4.69, 9.17) is 4.52 Å². The van der Waals surface area contributed by atoms with Gasteiger partial charge in [0.25, 0.3) is 5.22 Å². The summed E-state index contributed by atoms with van der Waals surface area (Å²) in [7, 11) is 0. The summed E-state index contributed by atoms with van der Waals surface area (Å²) in [5, 5.41) is 7.20. The number of nitrogens with zero attached hydrogens (tertiary/aromatic N) is 2. The highest BCUT2D eigenvalue weighted by molar-refractivity contribution is 14.1. The molecule has 7 heteroatoms. The first-order valence-corrected chi connectivity index (χ1v) is 9.26. The summed E-state index contributed by atoms with van der Waals surface area (Å²) in [4.78, 5) is 16.3. The molecule has 3 aromatic rings. The zero-order valence-corrected chi connectivity index (χ0v) is 15.8. The molecule has 1 heterocycles. The molecule has 0 aliphatic heterocycles. The molecule has 0 atom stereocenters. The Kier molecular flexibility index (Phi) is 5.52. The zero-order chi connectivity index (χ0) is 16.9. The molecule has 0 saturated carbocycles. The average Bonchev–Trinajstić information content (AvgIpc) is 3.05. The first-order chi connectivity index (χ1) is 11.6. The lowest BCUT2D eigenvalue weighted by molar-refractivity contribution is -0.113.